The van der Waals surface area contributed by atoms with Crippen LogP contribution in [0.15, 0.2) is 65.4 Å². The molecular weight excluding hydrogens is 464 g/mol. The van der Waals surface area contributed by atoms with Crippen molar-refractivity contribution in [1.29, 1.82) is 0 Å². The molecule has 2 aromatic carbocycles. The van der Waals surface area contributed by atoms with Crippen molar-refractivity contribution in [2.24, 2.45) is 5.92 Å². The zero-order valence-corrected chi connectivity index (χ0v) is 20.2. The molecular formula is C22H28N4O5S2. The highest BCUT2D eigenvalue weighted by Gasteiger charge is 2.32. The van der Waals surface area contributed by atoms with Crippen LogP contribution in [0, 0.1) is 5.92 Å². The van der Waals surface area contributed by atoms with Crippen molar-refractivity contribution in [2.45, 2.75) is 11.3 Å². The van der Waals surface area contributed by atoms with E-state index in [1.165, 1.54) is 28.6 Å². The Morgan fingerprint density at radius 3 is 2.30 bits per heavy atom. The average molecular weight is 493 g/mol. The van der Waals surface area contributed by atoms with Crippen LogP contribution in [0.5, 0.6) is 0 Å². The second-order valence-corrected chi connectivity index (χ2v) is 11.6. The zero-order chi connectivity index (χ0) is 24.2. The van der Waals surface area contributed by atoms with E-state index in [-0.39, 0.29) is 29.8 Å². The summed E-state index contributed by atoms with van der Waals surface area (Å²) in [5.74, 6) is -0.467. The second kappa shape index (κ2) is 10.0. The van der Waals surface area contributed by atoms with Gasteiger partial charge in [-0.25, -0.2) is 21.6 Å². The van der Waals surface area contributed by atoms with E-state index in [0.29, 0.717) is 24.2 Å². The molecule has 2 N–H and O–H groups in total. The Hall–Kier alpha value is -2.73. The molecule has 1 fully saturated rings. The molecule has 1 saturated heterocycles. The first-order chi connectivity index (χ1) is 15.5. The summed E-state index contributed by atoms with van der Waals surface area (Å²) in [5.41, 5.74) is 1.98. The Labute approximate surface area is 195 Å². The predicted molar refractivity (Wildman–Crippen MR) is 129 cm³/mol. The van der Waals surface area contributed by atoms with Gasteiger partial charge in [0.15, 0.2) is 0 Å². The molecule has 1 amide bonds. The zero-order valence-electron chi connectivity index (χ0n) is 18.6. The molecule has 0 aromatic heterocycles. The fourth-order valence-electron chi connectivity index (χ4n) is 3.45. The van der Waals surface area contributed by atoms with Crippen LogP contribution in [-0.2, 0) is 20.0 Å². The van der Waals surface area contributed by atoms with Crippen molar-refractivity contribution in [1.82, 2.24) is 9.03 Å². The van der Waals surface area contributed by atoms with Crippen LogP contribution in [0.3, 0.4) is 0 Å². The molecule has 33 heavy (non-hydrogen) atoms. The molecule has 2 aromatic rings. The van der Waals surface area contributed by atoms with Gasteiger partial charge in [0.25, 0.3) is 5.91 Å². The van der Waals surface area contributed by atoms with E-state index in [1.807, 2.05) is 31.1 Å². The topological polar surface area (TPSA) is 116 Å². The van der Waals surface area contributed by atoms with Gasteiger partial charge in [-0.15, -0.1) is 0 Å². The molecule has 0 bridgehead atoms. The molecule has 0 unspecified atom stereocenters. The van der Waals surface area contributed by atoms with E-state index in [2.05, 4.69) is 16.6 Å². The Bertz CT molecular complexity index is 1210. The minimum Gasteiger partial charge on any atom is -0.378 e. The number of rotatable bonds is 9. The maximum Gasteiger partial charge on any atom is 0.255 e. The van der Waals surface area contributed by atoms with Crippen LogP contribution < -0.4 is 14.9 Å². The van der Waals surface area contributed by atoms with Crippen LogP contribution in [0.4, 0.5) is 11.4 Å². The highest BCUT2D eigenvalue weighted by molar-refractivity contribution is 7.92. The number of hydrogen-bond acceptors (Lipinski definition) is 6. The lowest BCUT2D eigenvalue weighted by Crippen LogP contribution is -2.32. The number of amides is 1. The van der Waals surface area contributed by atoms with Gasteiger partial charge < -0.3 is 10.2 Å². The Morgan fingerprint density at radius 2 is 1.73 bits per heavy atom. The van der Waals surface area contributed by atoms with Crippen LogP contribution in [0.2, 0.25) is 0 Å². The molecule has 1 aliphatic rings. The van der Waals surface area contributed by atoms with E-state index >= 15 is 0 Å². The summed E-state index contributed by atoms with van der Waals surface area (Å²) in [4.78, 5) is 14.6. The minimum atomic E-state index is -3.75. The highest BCUT2D eigenvalue weighted by Crippen LogP contribution is 2.25. The third kappa shape index (κ3) is 6.20. The fraction of sp³-hybridized carbons (Fsp3) is 0.318. The average Bonchev–Trinajstić information content (AvgIpc) is 3.28. The molecule has 9 nitrogen and oxygen atoms in total. The Kier molecular flexibility index (Phi) is 7.58. The van der Waals surface area contributed by atoms with Crippen LogP contribution in [0.25, 0.3) is 0 Å². The van der Waals surface area contributed by atoms with Crippen molar-refractivity contribution in [3.8, 4) is 0 Å². The molecule has 0 saturated carbocycles. The van der Waals surface area contributed by atoms with Gasteiger partial charge >= 0.3 is 0 Å². The summed E-state index contributed by atoms with van der Waals surface area (Å²) < 4.78 is 52.7. The van der Waals surface area contributed by atoms with Crippen LogP contribution in [-0.4, -0.2) is 60.8 Å². The molecule has 0 spiro atoms. The highest BCUT2D eigenvalue weighted by atomic mass is 32.2. The van der Waals surface area contributed by atoms with Crippen molar-refractivity contribution in [3.63, 3.8) is 0 Å². The lowest BCUT2D eigenvalue weighted by molar-refractivity contribution is 0.102. The minimum absolute atomic E-state index is 0.0849. The number of hydrogen-bond donors (Lipinski definition) is 2. The van der Waals surface area contributed by atoms with Crippen molar-refractivity contribution in [3.05, 3.63) is 66.1 Å². The summed E-state index contributed by atoms with van der Waals surface area (Å²) >= 11 is 0. The van der Waals surface area contributed by atoms with E-state index in [4.69, 9.17) is 0 Å². The van der Waals surface area contributed by atoms with Crippen molar-refractivity contribution < 1.29 is 21.6 Å². The van der Waals surface area contributed by atoms with E-state index in [9.17, 15) is 21.6 Å². The third-order valence-electron chi connectivity index (χ3n) is 5.44. The number of nitrogens with one attached hydrogen (secondary N) is 2. The Balaban J connectivity index is 1.62. The first-order valence-corrected chi connectivity index (χ1v) is 13.3. The van der Waals surface area contributed by atoms with Gasteiger partial charge in [0.05, 0.1) is 4.90 Å². The van der Waals surface area contributed by atoms with Crippen LogP contribution in [0.1, 0.15) is 16.8 Å². The number of benzene rings is 2. The number of nitrogens with zero attached hydrogens (tertiary/aromatic N) is 2. The van der Waals surface area contributed by atoms with E-state index in [1.54, 1.807) is 12.1 Å². The van der Waals surface area contributed by atoms with Crippen LogP contribution >= 0.6 is 0 Å². The number of sulfonamides is 2. The van der Waals surface area contributed by atoms with Crippen molar-refractivity contribution >= 4 is 37.3 Å². The molecule has 1 heterocycles. The summed E-state index contributed by atoms with van der Waals surface area (Å²) in [6.07, 6.45) is 0.548. The lowest BCUT2D eigenvalue weighted by atomic mass is 10.1. The molecule has 0 radical (unpaired) electrons. The molecule has 3 rings (SSSR count). The van der Waals surface area contributed by atoms with E-state index in [0.717, 1.165) is 11.1 Å². The van der Waals surface area contributed by atoms with Gasteiger partial charge in [0.2, 0.25) is 20.0 Å². The maximum atomic E-state index is 13.0. The number of carbonyl (C=O) groups is 1. The quantitative estimate of drug-likeness (QED) is 0.554. The largest absolute Gasteiger partial charge is 0.378 e. The first kappa shape index (κ1) is 24.9. The smallest absolute Gasteiger partial charge is 0.255 e. The lowest BCUT2D eigenvalue weighted by Gasteiger charge is -2.17. The number of carbonyl (C=O) groups excluding carboxylic acids is 1. The summed E-state index contributed by atoms with van der Waals surface area (Å²) in [7, 11) is -3.44. The Morgan fingerprint density at radius 1 is 1.09 bits per heavy atom. The van der Waals surface area contributed by atoms with Gasteiger partial charge in [0.1, 0.15) is 0 Å². The maximum absolute atomic E-state index is 13.0. The first-order valence-electron chi connectivity index (χ1n) is 10.3. The fourth-order valence-corrected chi connectivity index (χ4v) is 5.57. The second-order valence-electron chi connectivity index (χ2n) is 8.00. The molecule has 1 aliphatic heterocycles. The van der Waals surface area contributed by atoms with Gasteiger partial charge in [0, 0.05) is 56.1 Å². The molecule has 1 atom stereocenters. The van der Waals surface area contributed by atoms with Gasteiger partial charge in [-0.2, -0.15) is 4.31 Å². The summed E-state index contributed by atoms with van der Waals surface area (Å²) in [6, 6.07) is 13.1. The monoisotopic (exact) mass is 492 g/mol. The van der Waals surface area contributed by atoms with Gasteiger partial charge in [-0.3, -0.25) is 4.79 Å². The molecule has 11 heteroatoms. The normalized spacial score (nSPS) is 17.0. The predicted octanol–water partition coefficient (Wildman–Crippen LogP) is 2.08. The number of anilines is 2. The van der Waals surface area contributed by atoms with Gasteiger partial charge in [-0.1, -0.05) is 6.58 Å². The molecule has 0 aliphatic carbocycles. The third-order valence-corrected chi connectivity index (χ3v) is 8.32. The summed E-state index contributed by atoms with van der Waals surface area (Å²) in [5, 5.41) is 3.62. The standard InChI is InChI=1S/C22H28N4O5S2/c1-4-32(28,29)23-15-17-13-14-26(16-17)33(30,31)21-11-5-18(6-12-21)22(27)24-19-7-9-20(10-8-19)25(2)3/h4-12,17,23H,1,13-16H2,2-3H3,(H,24,27)/t17-/m1/s1. The molecule has 178 valence electrons. The van der Waals surface area contributed by atoms with Gasteiger partial charge in [-0.05, 0) is 60.9 Å². The van der Waals surface area contributed by atoms with Crippen molar-refractivity contribution in [2.75, 3.05) is 43.9 Å². The van der Waals surface area contributed by atoms with E-state index < -0.39 is 20.0 Å². The SMILES string of the molecule is C=CS(=O)(=O)NC[C@H]1CCN(S(=O)(=O)c2ccc(C(=O)Nc3ccc(N(C)C)cc3)cc2)C1. The summed E-state index contributed by atoms with van der Waals surface area (Å²) in [6.45, 7) is 3.90.